The van der Waals surface area contributed by atoms with E-state index in [1.54, 1.807) is 11.0 Å². The maximum atomic E-state index is 12.4. The normalized spacial score (nSPS) is 11.0. The van der Waals surface area contributed by atoms with Gasteiger partial charge in [0, 0.05) is 18.7 Å². The Balaban J connectivity index is 2.06. The Morgan fingerprint density at radius 2 is 2.00 bits per heavy atom. The molecule has 0 saturated carbocycles. The van der Waals surface area contributed by atoms with Crippen LogP contribution in [0.4, 0.5) is 0 Å². The van der Waals surface area contributed by atoms with Gasteiger partial charge in [-0.1, -0.05) is 41.1 Å². The Hall–Kier alpha value is -1.99. The van der Waals surface area contributed by atoms with E-state index in [2.05, 4.69) is 15.3 Å². The van der Waals surface area contributed by atoms with Gasteiger partial charge in [0.25, 0.3) is 5.91 Å². The molecule has 0 bridgehead atoms. The van der Waals surface area contributed by atoms with Gasteiger partial charge >= 0.3 is 0 Å². The Labute approximate surface area is 136 Å². The van der Waals surface area contributed by atoms with E-state index in [9.17, 15) is 4.79 Å². The fourth-order valence-electron chi connectivity index (χ4n) is 2.15. The molecule has 1 aromatic carbocycles. The largest absolute Gasteiger partial charge is 0.336 e. The third-order valence-electron chi connectivity index (χ3n) is 3.34. The lowest BCUT2D eigenvalue weighted by atomic mass is 10.2. The van der Waals surface area contributed by atoms with Gasteiger partial charge in [0.2, 0.25) is 10.8 Å². The van der Waals surface area contributed by atoms with Crippen LogP contribution in [0.25, 0.3) is 15.5 Å². The summed E-state index contributed by atoms with van der Waals surface area (Å²) in [6, 6.07) is 7.45. The van der Waals surface area contributed by atoms with Crippen LogP contribution in [0.1, 0.15) is 24.5 Å². The summed E-state index contributed by atoms with van der Waals surface area (Å²) in [7, 11) is 0. The van der Waals surface area contributed by atoms with E-state index in [4.69, 9.17) is 11.6 Å². The van der Waals surface area contributed by atoms with Crippen molar-refractivity contribution in [3.05, 3.63) is 35.1 Å². The molecule has 2 heterocycles. The van der Waals surface area contributed by atoms with Crippen molar-refractivity contribution in [3.8, 4) is 10.6 Å². The molecule has 8 heteroatoms. The Morgan fingerprint density at radius 1 is 1.27 bits per heavy atom. The van der Waals surface area contributed by atoms with Gasteiger partial charge in [-0.3, -0.25) is 4.79 Å². The van der Waals surface area contributed by atoms with Crippen LogP contribution in [0.5, 0.6) is 0 Å². The van der Waals surface area contributed by atoms with Crippen molar-refractivity contribution in [2.24, 2.45) is 0 Å². The average molecular weight is 336 g/mol. The quantitative estimate of drug-likeness (QED) is 0.735. The standard InChI is InChI=1S/C14H14ClN5OS/c1-3-19(4-2)13(21)11-16-17-14-20(11)18-12(22-14)9-7-5-6-8-10(9)15/h5-8H,3-4H2,1-2H3. The molecule has 0 saturated heterocycles. The molecule has 0 N–H and O–H groups in total. The summed E-state index contributed by atoms with van der Waals surface area (Å²) in [5.74, 6) is 0.0572. The Morgan fingerprint density at radius 3 is 2.68 bits per heavy atom. The number of carbonyl (C=O) groups is 1. The molecular formula is C14H14ClN5OS. The third kappa shape index (κ3) is 2.46. The number of rotatable bonds is 4. The SMILES string of the molecule is CCN(CC)C(=O)c1nnc2sc(-c3ccccc3Cl)nn12. The number of aromatic nitrogens is 4. The van der Waals surface area contributed by atoms with Gasteiger partial charge < -0.3 is 4.90 Å². The summed E-state index contributed by atoms with van der Waals surface area (Å²) >= 11 is 7.55. The topological polar surface area (TPSA) is 63.4 Å². The second-order valence-electron chi connectivity index (χ2n) is 4.58. The van der Waals surface area contributed by atoms with Gasteiger partial charge in [0.05, 0.1) is 5.02 Å². The lowest BCUT2D eigenvalue weighted by molar-refractivity contribution is 0.0758. The first-order valence-corrected chi connectivity index (χ1v) is 8.11. The van der Waals surface area contributed by atoms with Crippen molar-refractivity contribution >= 4 is 33.8 Å². The third-order valence-corrected chi connectivity index (χ3v) is 4.60. The van der Waals surface area contributed by atoms with Crippen LogP contribution in [-0.4, -0.2) is 43.7 Å². The van der Waals surface area contributed by atoms with Gasteiger partial charge in [-0.25, -0.2) is 0 Å². The number of halogens is 1. The van der Waals surface area contributed by atoms with Gasteiger partial charge in [0.15, 0.2) is 0 Å². The first kappa shape index (κ1) is 14.9. The highest BCUT2D eigenvalue weighted by Gasteiger charge is 2.22. The van der Waals surface area contributed by atoms with Gasteiger partial charge in [-0.2, -0.15) is 9.61 Å². The Kier molecular flexibility index (Phi) is 4.08. The van der Waals surface area contributed by atoms with Crippen LogP contribution in [0.15, 0.2) is 24.3 Å². The zero-order chi connectivity index (χ0) is 15.7. The number of carbonyl (C=O) groups excluding carboxylic acids is 1. The number of hydrogen-bond donors (Lipinski definition) is 0. The second kappa shape index (κ2) is 6.02. The maximum absolute atomic E-state index is 12.4. The first-order chi connectivity index (χ1) is 10.7. The van der Waals surface area contributed by atoms with Crippen LogP contribution in [-0.2, 0) is 0 Å². The minimum absolute atomic E-state index is 0.173. The summed E-state index contributed by atoms with van der Waals surface area (Å²) in [5.41, 5.74) is 0.820. The lowest BCUT2D eigenvalue weighted by Crippen LogP contribution is -2.32. The van der Waals surface area contributed by atoms with Crippen molar-refractivity contribution in [1.82, 2.24) is 24.7 Å². The zero-order valence-electron chi connectivity index (χ0n) is 12.2. The molecule has 3 aromatic rings. The maximum Gasteiger partial charge on any atom is 0.293 e. The summed E-state index contributed by atoms with van der Waals surface area (Å²) in [6.45, 7) is 5.09. The van der Waals surface area contributed by atoms with E-state index in [1.807, 2.05) is 32.0 Å². The Bertz CT molecular complexity index is 824. The first-order valence-electron chi connectivity index (χ1n) is 6.92. The highest BCUT2D eigenvalue weighted by molar-refractivity contribution is 7.19. The van der Waals surface area contributed by atoms with Crippen LogP contribution >= 0.6 is 22.9 Å². The molecule has 0 unspecified atom stereocenters. The van der Waals surface area contributed by atoms with E-state index < -0.39 is 0 Å². The van der Waals surface area contributed by atoms with Gasteiger partial charge in [0.1, 0.15) is 5.01 Å². The zero-order valence-corrected chi connectivity index (χ0v) is 13.7. The summed E-state index contributed by atoms with van der Waals surface area (Å²) in [4.78, 5) is 14.7. The summed E-state index contributed by atoms with van der Waals surface area (Å²) < 4.78 is 1.49. The molecule has 0 fully saturated rings. The number of hydrogen-bond acceptors (Lipinski definition) is 5. The molecule has 3 rings (SSSR count). The second-order valence-corrected chi connectivity index (χ2v) is 5.95. The van der Waals surface area contributed by atoms with Crippen molar-refractivity contribution < 1.29 is 4.79 Å². The molecule has 0 spiro atoms. The molecule has 0 radical (unpaired) electrons. The molecule has 0 aliphatic carbocycles. The summed E-state index contributed by atoms with van der Waals surface area (Å²) in [5, 5.41) is 13.8. The smallest absolute Gasteiger partial charge is 0.293 e. The van der Waals surface area contributed by atoms with E-state index in [-0.39, 0.29) is 11.7 Å². The summed E-state index contributed by atoms with van der Waals surface area (Å²) in [6.07, 6.45) is 0. The molecule has 114 valence electrons. The van der Waals surface area contributed by atoms with Crippen LogP contribution < -0.4 is 0 Å². The molecule has 2 aromatic heterocycles. The van der Waals surface area contributed by atoms with Crippen LogP contribution in [0, 0.1) is 0 Å². The molecule has 0 aliphatic heterocycles. The molecule has 22 heavy (non-hydrogen) atoms. The highest BCUT2D eigenvalue weighted by atomic mass is 35.5. The van der Waals surface area contributed by atoms with Crippen LogP contribution in [0.2, 0.25) is 5.02 Å². The molecular weight excluding hydrogens is 322 g/mol. The van der Waals surface area contributed by atoms with E-state index in [0.29, 0.717) is 28.1 Å². The van der Waals surface area contributed by atoms with E-state index >= 15 is 0 Å². The average Bonchev–Trinajstić information content (AvgIpc) is 3.08. The number of nitrogens with zero attached hydrogens (tertiary/aromatic N) is 5. The predicted octanol–water partition coefficient (Wildman–Crippen LogP) is 2.99. The van der Waals surface area contributed by atoms with Crippen molar-refractivity contribution in [3.63, 3.8) is 0 Å². The fourth-order valence-corrected chi connectivity index (χ4v) is 3.31. The van der Waals surface area contributed by atoms with Gasteiger partial charge in [-0.15, -0.1) is 10.2 Å². The predicted molar refractivity (Wildman–Crippen MR) is 86.4 cm³/mol. The minimum Gasteiger partial charge on any atom is -0.336 e. The minimum atomic E-state index is -0.173. The van der Waals surface area contributed by atoms with Crippen LogP contribution in [0.3, 0.4) is 0 Å². The molecule has 0 atom stereocenters. The van der Waals surface area contributed by atoms with E-state index in [0.717, 1.165) is 5.56 Å². The van der Waals surface area contributed by atoms with Crippen molar-refractivity contribution in [2.75, 3.05) is 13.1 Å². The fraction of sp³-hybridized carbons (Fsp3) is 0.286. The van der Waals surface area contributed by atoms with Crippen molar-refractivity contribution in [2.45, 2.75) is 13.8 Å². The highest BCUT2D eigenvalue weighted by Crippen LogP contribution is 2.31. The molecule has 1 amide bonds. The van der Waals surface area contributed by atoms with Crippen molar-refractivity contribution in [1.29, 1.82) is 0 Å². The number of amides is 1. The molecule has 6 nitrogen and oxygen atoms in total. The van der Waals surface area contributed by atoms with E-state index in [1.165, 1.54) is 15.9 Å². The molecule has 0 aliphatic rings. The number of fused-ring (bicyclic) bond motifs is 1. The monoisotopic (exact) mass is 335 g/mol. The number of benzene rings is 1. The lowest BCUT2D eigenvalue weighted by Gasteiger charge is -2.16. The van der Waals surface area contributed by atoms with Gasteiger partial charge in [-0.05, 0) is 19.9 Å².